The lowest BCUT2D eigenvalue weighted by atomic mass is 10.3. The van der Waals surface area contributed by atoms with Crippen LogP contribution >= 0.6 is 0 Å². The van der Waals surface area contributed by atoms with E-state index in [4.69, 9.17) is 0 Å². The largest absolute Gasteiger partial charge is 0.265 e. The first-order valence-corrected chi connectivity index (χ1v) is 14.5. The number of rotatable bonds is 8. The Morgan fingerprint density at radius 1 is 0.447 bits per heavy atom. The Morgan fingerprint density at radius 3 is 1.05 bits per heavy atom. The summed E-state index contributed by atoms with van der Waals surface area (Å²) in [6.07, 6.45) is 0. The van der Waals surface area contributed by atoms with Crippen molar-refractivity contribution in [3.05, 3.63) is 121 Å². The molecule has 0 saturated heterocycles. The van der Waals surface area contributed by atoms with E-state index < -0.39 is 20.0 Å². The smallest absolute Gasteiger partial charge is 0.254 e. The van der Waals surface area contributed by atoms with Crippen LogP contribution in [0.3, 0.4) is 0 Å². The highest BCUT2D eigenvalue weighted by Crippen LogP contribution is 2.24. The van der Waals surface area contributed by atoms with Crippen molar-refractivity contribution in [2.75, 3.05) is 21.7 Å². The fraction of sp³-hybridized carbons (Fsp3) is 0.0667. The lowest BCUT2D eigenvalue weighted by Crippen LogP contribution is -2.31. The molecular formula is C30H24N2O4S2. The number of nitrogens with zero attached hydrogens (tertiary/aromatic N) is 2. The van der Waals surface area contributed by atoms with Gasteiger partial charge in [-0.3, -0.25) is 8.61 Å². The van der Waals surface area contributed by atoms with Crippen molar-refractivity contribution in [2.24, 2.45) is 0 Å². The van der Waals surface area contributed by atoms with Gasteiger partial charge in [-0.2, -0.15) is 0 Å². The number of anilines is 2. The zero-order valence-corrected chi connectivity index (χ0v) is 21.9. The van der Waals surface area contributed by atoms with Gasteiger partial charge in [0.2, 0.25) is 0 Å². The van der Waals surface area contributed by atoms with E-state index in [9.17, 15) is 16.8 Å². The SMILES string of the molecule is O=S(=O)(c1ccccc1)N(CC#CC#CCN(c1ccccc1)S(=O)(=O)c1ccccc1)c1ccccc1. The van der Waals surface area contributed by atoms with Gasteiger partial charge in [0.05, 0.1) is 34.3 Å². The summed E-state index contributed by atoms with van der Waals surface area (Å²) in [7, 11) is -7.70. The first-order valence-electron chi connectivity index (χ1n) is 11.6. The molecule has 4 rings (SSSR count). The molecule has 0 atom stereocenters. The molecule has 0 heterocycles. The number of sulfonamides is 2. The van der Waals surface area contributed by atoms with Gasteiger partial charge in [0.15, 0.2) is 0 Å². The molecule has 0 aliphatic heterocycles. The van der Waals surface area contributed by atoms with Crippen molar-refractivity contribution in [3.8, 4) is 23.7 Å². The molecule has 6 nitrogen and oxygen atoms in total. The molecule has 190 valence electrons. The average Bonchev–Trinajstić information content (AvgIpc) is 2.96. The van der Waals surface area contributed by atoms with Crippen molar-refractivity contribution in [1.82, 2.24) is 0 Å². The zero-order chi connectivity index (χ0) is 26.8. The summed E-state index contributed by atoms with van der Waals surface area (Å²) in [4.78, 5) is 0.308. The van der Waals surface area contributed by atoms with Crippen molar-refractivity contribution < 1.29 is 16.8 Å². The molecule has 4 aromatic rings. The number of benzene rings is 4. The first-order chi connectivity index (χ1) is 18.4. The molecular weight excluding hydrogens is 516 g/mol. The quantitative estimate of drug-likeness (QED) is 0.302. The van der Waals surface area contributed by atoms with Gasteiger partial charge in [-0.25, -0.2) is 16.8 Å². The molecule has 0 bridgehead atoms. The maximum Gasteiger partial charge on any atom is 0.265 e. The second-order valence-corrected chi connectivity index (χ2v) is 11.6. The van der Waals surface area contributed by atoms with Crippen molar-refractivity contribution in [3.63, 3.8) is 0 Å². The number of hydrogen-bond acceptors (Lipinski definition) is 4. The Labute approximate surface area is 224 Å². The highest BCUT2D eigenvalue weighted by Gasteiger charge is 2.25. The van der Waals surface area contributed by atoms with E-state index >= 15 is 0 Å². The minimum atomic E-state index is -3.85. The topological polar surface area (TPSA) is 74.8 Å². The minimum Gasteiger partial charge on any atom is -0.254 e. The van der Waals surface area contributed by atoms with Crippen LogP contribution in [0.25, 0.3) is 0 Å². The molecule has 0 aromatic heterocycles. The van der Waals surface area contributed by atoms with Crippen LogP contribution in [0.5, 0.6) is 0 Å². The maximum atomic E-state index is 13.3. The number of para-hydroxylation sites is 2. The van der Waals surface area contributed by atoms with Crippen LogP contribution in [-0.4, -0.2) is 29.9 Å². The van der Waals surface area contributed by atoms with E-state index in [-0.39, 0.29) is 22.9 Å². The van der Waals surface area contributed by atoms with E-state index in [1.165, 1.54) is 32.9 Å². The molecule has 8 heteroatoms. The van der Waals surface area contributed by atoms with E-state index in [1.54, 1.807) is 97.1 Å². The lowest BCUT2D eigenvalue weighted by molar-refractivity contribution is 0.591. The summed E-state index contributed by atoms with van der Waals surface area (Å²) < 4.78 is 55.6. The highest BCUT2D eigenvalue weighted by atomic mass is 32.2. The molecule has 0 spiro atoms. The fourth-order valence-electron chi connectivity index (χ4n) is 3.57. The summed E-state index contributed by atoms with van der Waals surface area (Å²) in [5.74, 6) is 10.9. The first kappa shape index (κ1) is 26.6. The lowest BCUT2D eigenvalue weighted by Gasteiger charge is -2.22. The number of hydrogen-bond donors (Lipinski definition) is 0. The minimum absolute atomic E-state index is 0.124. The summed E-state index contributed by atoms with van der Waals surface area (Å²) in [6.45, 7) is -0.249. The summed E-state index contributed by atoms with van der Waals surface area (Å²) in [6, 6.07) is 33.7. The van der Waals surface area contributed by atoms with Crippen LogP contribution in [0.1, 0.15) is 0 Å². The van der Waals surface area contributed by atoms with Gasteiger partial charge in [-0.05, 0) is 60.4 Å². The normalized spacial score (nSPS) is 10.8. The maximum absolute atomic E-state index is 13.3. The van der Waals surface area contributed by atoms with E-state index in [2.05, 4.69) is 23.7 Å². The highest BCUT2D eigenvalue weighted by molar-refractivity contribution is 7.93. The Morgan fingerprint density at radius 2 is 0.737 bits per heavy atom. The monoisotopic (exact) mass is 540 g/mol. The van der Waals surface area contributed by atoms with Crippen LogP contribution in [0.4, 0.5) is 11.4 Å². The van der Waals surface area contributed by atoms with Gasteiger partial charge in [-0.15, -0.1) is 0 Å². The van der Waals surface area contributed by atoms with Crippen molar-refractivity contribution >= 4 is 31.4 Å². The predicted molar refractivity (Wildman–Crippen MR) is 150 cm³/mol. The third-order valence-corrected chi connectivity index (χ3v) is 9.01. The Bertz CT molecular complexity index is 1560. The summed E-state index contributed by atoms with van der Waals surface area (Å²) in [5, 5.41) is 0. The van der Waals surface area contributed by atoms with Crippen LogP contribution < -0.4 is 8.61 Å². The van der Waals surface area contributed by atoms with Crippen molar-refractivity contribution in [2.45, 2.75) is 9.79 Å². The molecule has 0 saturated carbocycles. The predicted octanol–water partition coefficient (Wildman–Crippen LogP) is 4.78. The third-order valence-electron chi connectivity index (χ3n) is 5.44. The molecule has 4 aromatic carbocycles. The molecule has 0 amide bonds. The van der Waals surface area contributed by atoms with Gasteiger partial charge in [-0.1, -0.05) is 84.6 Å². The Kier molecular flexibility index (Phi) is 8.50. The molecule has 0 aliphatic carbocycles. The van der Waals surface area contributed by atoms with E-state index in [0.29, 0.717) is 11.4 Å². The molecule has 0 unspecified atom stereocenters. The Balaban J connectivity index is 1.57. The van der Waals surface area contributed by atoms with Crippen LogP contribution in [0.2, 0.25) is 0 Å². The average molecular weight is 541 g/mol. The van der Waals surface area contributed by atoms with E-state index in [1.807, 2.05) is 0 Å². The van der Waals surface area contributed by atoms with Gasteiger partial charge in [0.1, 0.15) is 0 Å². The van der Waals surface area contributed by atoms with Gasteiger partial charge >= 0.3 is 0 Å². The van der Waals surface area contributed by atoms with Crippen LogP contribution in [-0.2, 0) is 20.0 Å². The summed E-state index contributed by atoms with van der Waals surface area (Å²) in [5.41, 5.74) is 0.950. The van der Waals surface area contributed by atoms with Gasteiger partial charge in [0, 0.05) is 0 Å². The van der Waals surface area contributed by atoms with Crippen LogP contribution in [0.15, 0.2) is 131 Å². The molecule has 0 fully saturated rings. The van der Waals surface area contributed by atoms with E-state index in [0.717, 1.165) is 0 Å². The fourth-order valence-corrected chi connectivity index (χ4v) is 6.35. The molecule has 38 heavy (non-hydrogen) atoms. The van der Waals surface area contributed by atoms with Gasteiger partial charge < -0.3 is 0 Å². The standard InChI is InChI=1S/C30H24N2O4S2/c33-37(34,29-21-11-5-12-22-29)31(27-17-7-3-8-18-27)25-15-1-2-16-26-32(28-19-9-4-10-20-28)38(35,36)30-23-13-6-14-24-30/h3-14,17-24H,25-26H2. The third kappa shape index (κ3) is 6.24. The Hall–Kier alpha value is -4.50. The summed E-state index contributed by atoms with van der Waals surface area (Å²) >= 11 is 0. The second-order valence-electron chi connectivity index (χ2n) is 7.92. The van der Waals surface area contributed by atoms with Crippen molar-refractivity contribution in [1.29, 1.82) is 0 Å². The molecule has 0 radical (unpaired) electrons. The zero-order valence-electron chi connectivity index (χ0n) is 20.3. The second kappa shape index (κ2) is 12.2. The molecule has 0 N–H and O–H groups in total. The van der Waals surface area contributed by atoms with Gasteiger partial charge in [0.25, 0.3) is 20.0 Å². The van der Waals surface area contributed by atoms with Crippen LogP contribution in [0, 0.1) is 23.7 Å². The molecule has 0 aliphatic rings.